The van der Waals surface area contributed by atoms with Crippen LogP contribution in [0.2, 0.25) is 0 Å². The van der Waals surface area contributed by atoms with Crippen LogP contribution in [0.5, 0.6) is 0 Å². The van der Waals surface area contributed by atoms with Gasteiger partial charge in [0.1, 0.15) is 11.3 Å². The SMILES string of the molecule is CCN(CC)Cc1c(CN)oc2ccccc12. The summed E-state index contributed by atoms with van der Waals surface area (Å²) in [5, 5.41) is 1.19. The number of para-hydroxylation sites is 1. The topological polar surface area (TPSA) is 42.4 Å². The quantitative estimate of drug-likeness (QED) is 0.862. The van der Waals surface area contributed by atoms with Crippen LogP contribution in [0.15, 0.2) is 28.7 Å². The average Bonchev–Trinajstić information content (AvgIpc) is 2.73. The van der Waals surface area contributed by atoms with E-state index in [1.54, 1.807) is 0 Å². The lowest BCUT2D eigenvalue weighted by Gasteiger charge is -2.17. The summed E-state index contributed by atoms with van der Waals surface area (Å²) in [5.74, 6) is 0.915. The first kappa shape index (κ1) is 12.1. The normalized spacial score (nSPS) is 11.5. The number of nitrogens with zero attached hydrogens (tertiary/aromatic N) is 1. The zero-order valence-corrected chi connectivity index (χ0v) is 10.6. The van der Waals surface area contributed by atoms with Crippen LogP contribution in [0.1, 0.15) is 25.2 Å². The highest BCUT2D eigenvalue weighted by Crippen LogP contribution is 2.26. The second kappa shape index (κ2) is 5.34. The fourth-order valence-electron chi connectivity index (χ4n) is 2.16. The van der Waals surface area contributed by atoms with Gasteiger partial charge in [-0.15, -0.1) is 0 Å². The molecule has 0 saturated carbocycles. The zero-order valence-electron chi connectivity index (χ0n) is 10.6. The molecule has 92 valence electrons. The maximum Gasteiger partial charge on any atom is 0.134 e. The summed E-state index contributed by atoms with van der Waals surface area (Å²) in [4.78, 5) is 2.37. The highest BCUT2D eigenvalue weighted by Gasteiger charge is 2.14. The first-order valence-electron chi connectivity index (χ1n) is 6.21. The Morgan fingerprint density at radius 2 is 1.88 bits per heavy atom. The summed E-state index contributed by atoms with van der Waals surface area (Å²) in [6, 6.07) is 8.15. The fraction of sp³-hybridized carbons (Fsp3) is 0.429. The number of hydrogen-bond donors (Lipinski definition) is 1. The predicted octanol–water partition coefficient (Wildman–Crippen LogP) is 2.73. The van der Waals surface area contributed by atoms with Crippen LogP contribution in [0, 0.1) is 0 Å². The van der Waals surface area contributed by atoms with Crippen molar-refractivity contribution in [1.29, 1.82) is 0 Å². The number of hydrogen-bond acceptors (Lipinski definition) is 3. The zero-order chi connectivity index (χ0) is 12.3. The lowest BCUT2D eigenvalue weighted by Crippen LogP contribution is -2.22. The Hall–Kier alpha value is -1.32. The predicted molar refractivity (Wildman–Crippen MR) is 70.7 cm³/mol. The molecule has 1 aromatic heterocycles. The van der Waals surface area contributed by atoms with Gasteiger partial charge in [-0.1, -0.05) is 32.0 Å². The Balaban J connectivity index is 2.42. The lowest BCUT2D eigenvalue weighted by atomic mass is 10.1. The van der Waals surface area contributed by atoms with E-state index < -0.39 is 0 Å². The van der Waals surface area contributed by atoms with E-state index in [1.165, 1.54) is 10.9 Å². The van der Waals surface area contributed by atoms with Crippen LogP contribution >= 0.6 is 0 Å². The Bertz CT molecular complexity index is 486. The molecule has 1 heterocycles. The molecule has 0 saturated heterocycles. The molecule has 0 unspecified atom stereocenters. The number of nitrogens with two attached hydrogens (primary N) is 1. The standard InChI is InChI=1S/C14H20N2O/c1-3-16(4-2)10-12-11-7-5-6-8-13(11)17-14(12)9-15/h5-8H,3-4,9-10,15H2,1-2H3. The largest absolute Gasteiger partial charge is 0.459 e. The van der Waals surface area contributed by atoms with Crippen molar-refractivity contribution in [3.05, 3.63) is 35.6 Å². The van der Waals surface area contributed by atoms with Gasteiger partial charge in [0.05, 0.1) is 6.54 Å². The number of rotatable bonds is 5. The maximum absolute atomic E-state index is 5.79. The van der Waals surface area contributed by atoms with Crippen LogP contribution in [-0.2, 0) is 13.1 Å². The molecule has 2 aromatic rings. The van der Waals surface area contributed by atoms with Crippen molar-refractivity contribution in [2.75, 3.05) is 13.1 Å². The van der Waals surface area contributed by atoms with Crippen molar-refractivity contribution < 1.29 is 4.42 Å². The highest BCUT2D eigenvalue weighted by atomic mass is 16.3. The molecule has 0 fully saturated rings. The number of fused-ring (bicyclic) bond motifs is 1. The second-order valence-electron chi connectivity index (χ2n) is 4.17. The fourth-order valence-corrected chi connectivity index (χ4v) is 2.16. The van der Waals surface area contributed by atoms with Crippen molar-refractivity contribution >= 4 is 11.0 Å². The van der Waals surface area contributed by atoms with Crippen LogP contribution in [-0.4, -0.2) is 18.0 Å². The third-order valence-electron chi connectivity index (χ3n) is 3.24. The van der Waals surface area contributed by atoms with Crippen LogP contribution < -0.4 is 5.73 Å². The van der Waals surface area contributed by atoms with Gasteiger partial charge in [0, 0.05) is 17.5 Å². The lowest BCUT2D eigenvalue weighted by molar-refractivity contribution is 0.294. The van der Waals surface area contributed by atoms with Gasteiger partial charge in [0.15, 0.2) is 0 Å². The molecule has 0 aliphatic heterocycles. The van der Waals surface area contributed by atoms with Gasteiger partial charge in [-0.2, -0.15) is 0 Å². The molecule has 0 amide bonds. The molecule has 0 aliphatic rings. The van der Waals surface area contributed by atoms with E-state index in [4.69, 9.17) is 10.2 Å². The molecule has 0 bridgehead atoms. The van der Waals surface area contributed by atoms with Gasteiger partial charge >= 0.3 is 0 Å². The summed E-state index contributed by atoms with van der Waals surface area (Å²) >= 11 is 0. The van der Waals surface area contributed by atoms with E-state index in [9.17, 15) is 0 Å². The summed E-state index contributed by atoms with van der Waals surface area (Å²) < 4.78 is 5.79. The van der Waals surface area contributed by atoms with E-state index in [0.29, 0.717) is 6.54 Å². The van der Waals surface area contributed by atoms with Gasteiger partial charge in [0.25, 0.3) is 0 Å². The molecular formula is C14H20N2O. The van der Waals surface area contributed by atoms with Crippen molar-refractivity contribution in [1.82, 2.24) is 4.90 Å². The van der Waals surface area contributed by atoms with Gasteiger partial charge in [-0.05, 0) is 19.2 Å². The van der Waals surface area contributed by atoms with Gasteiger partial charge in [0.2, 0.25) is 0 Å². The van der Waals surface area contributed by atoms with Crippen molar-refractivity contribution in [2.24, 2.45) is 5.73 Å². The Kier molecular flexibility index (Phi) is 3.82. The molecule has 2 rings (SSSR count). The summed E-state index contributed by atoms with van der Waals surface area (Å²) in [6.45, 7) is 7.81. The highest BCUT2D eigenvalue weighted by molar-refractivity contribution is 5.82. The van der Waals surface area contributed by atoms with E-state index >= 15 is 0 Å². The Morgan fingerprint density at radius 3 is 2.53 bits per heavy atom. The van der Waals surface area contributed by atoms with Gasteiger partial charge in [-0.3, -0.25) is 4.90 Å². The van der Waals surface area contributed by atoms with Crippen molar-refractivity contribution in [3.63, 3.8) is 0 Å². The Labute approximate surface area is 102 Å². The summed E-state index contributed by atoms with van der Waals surface area (Å²) in [5.41, 5.74) is 7.94. The molecule has 1 aromatic carbocycles. The summed E-state index contributed by atoms with van der Waals surface area (Å²) in [7, 11) is 0. The third kappa shape index (κ3) is 2.35. The molecule has 3 heteroatoms. The van der Waals surface area contributed by atoms with E-state index in [1.807, 2.05) is 18.2 Å². The molecule has 0 aliphatic carbocycles. The Morgan fingerprint density at radius 1 is 1.18 bits per heavy atom. The number of furan rings is 1. The molecule has 0 radical (unpaired) electrons. The molecule has 17 heavy (non-hydrogen) atoms. The minimum atomic E-state index is 0.464. The van der Waals surface area contributed by atoms with Crippen molar-refractivity contribution in [2.45, 2.75) is 26.9 Å². The molecular weight excluding hydrogens is 212 g/mol. The van der Waals surface area contributed by atoms with Crippen LogP contribution in [0.4, 0.5) is 0 Å². The minimum absolute atomic E-state index is 0.464. The monoisotopic (exact) mass is 232 g/mol. The van der Waals surface area contributed by atoms with E-state index in [2.05, 4.69) is 24.8 Å². The minimum Gasteiger partial charge on any atom is -0.459 e. The van der Waals surface area contributed by atoms with E-state index in [0.717, 1.165) is 31.0 Å². The number of benzene rings is 1. The summed E-state index contributed by atoms with van der Waals surface area (Å²) in [6.07, 6.45) is 0. The van der Waals surface area contributed by atoms with Crippen LogP contribution in [0.25, 0.3) is 11.0 Å². The molecule has 3 nitrogen and oxygen atoms in total. The third-order valence-corrected chi connectivity index (χ3v) is 3.24. The van der Waals surface area contributed by atoms with Gasteiger partial charge in [-0.25, -0.2) is 0 Å². The maximum atomic E-state index is 5.79. The van der Waals surface area contributed by atoms with Crippen LogP contribution in [0.3, 0.4) is 0 Å². The van der Waals surface area contributed by atoms with Gasteiger partial charge < -0.3 is 10.2 Å². The first-order valence-corrected chi connectivity index (χ1v) is 6.21. The first-order chi connectivity index (χ1) is 8.30. The molecule has 0 atom stereocenters. The molecule has 0 spiro atoms. The second-order valence-corrected chi connectivity index (χ2v) is 4.17. The van der Waals surface area contributed by atoms with E-state index in [-0.39, 0.29) is 0 Å². The smallest absolute Gasteiger partial charge is 0.134 e. The average molecular weight is 232 g/mol. The molecule has 2 N–H and O–H groups in total. The van der Waals surface area contributed by atoms with Crippen molar-refractivity contribution in [3.8, 4) is 0 Å².